The maximum atomic E-state index is 12.2. The van der Waals surface area contributed by atoms with Gasteiger partial charge in [0, 0.05) is 26.1 Å². The summed E-state index contributed by atoms with van der Waals surface area (Å²) in [5, 5.41) is 3.53. The molecule has 0 radical (unpaired) electrons. The summed E-state index contributed by atoms with van der Waals surface area (Å²) in [5.74, 6) is 0. The van der Waals surface area contributed by atoms with Crippen LogP contribution in [0.4, 0.5) is 18.6 Å². The van der Waals surface area contributed by atoms with Crippen LogP contribution in [-0.2, 0) is 6.44 Å². The standard InChI is InChI=1S/C9H14BF3N3O.K/c1-3-4-15(2)8-5-9(17)16(14-6-8)7-10(11,12)13;/h5-6H,3-4,7H2,1-2H3;/q-1;+1. The molecule has 0 bridgehead atoms. The predicted molar refractivity (Wildman–Crippen MR) is 61.1 cm³/mol. The molecule has 0 saturated heterocycles. The molecule has 1 rings (SSSR count). The van der Waals surface area contributed by atoms with E-state index < -0.39 is 19.0 Å². The fourth-order valence-corrected chi connectivity index (χ4v) is 1.43. The Labute approximate surface area is 146 Å². The van der Waals surface area contributed by atoms with Gasteiger partial charge >= 0.3 is 58.4 Å². The van der Waals surface area contributed by atoms with Crippen molar-refractivity contribution in [1.82, 2.24) is 9.78 Å². The molecule has 0 unspecified atom stereocenters. The van der Waals surface area contributed by atoms with Gasteiger partial charge in [-0.3, -0.25) is 9.48 Å². The minimum absolute atomic E-state index is 0. The molecule has 1 heterocycles. The molecule has 0 saturated carbocycles. The number of halogens is 3. The van der Waals surface area contributed by atoms with E-state index in [1.54, 1.807) is 11.9 Å². The van der Waals surface area contributed by atoms with Gasteiger partial charge in [-0.1, -0.05) is 6.92 Å². The van der Waals surface area contributed by atoms with Crippen LogP contribution in [0.2, 0.25) is 0 Å². The molecule has 96 valence electrons. The zero-order valence-electron chi connectivity index (χ0n) is 10.7. The molecular formula is C9H14BF3KN3O. The van der Waals surface area contributed by atoms with Crippen LogP contribution in [-0.4, -0.2) is 30.4 Å². The summed E-state index contributed by atoms with van der Waals surface area (Å²) < 4.78 is 36.9. The smallest absolute Gasteiger partial charge is 0.448 e. The van der Waals surface area contributed by atoms with E-state index in [-0.39, 0.29) is 51.4 Å². The summed E-state index contributed by atoms with van der Waals surface area (Å²) >= 11 is 0. The van der Waals surface area contributed by atoms with Crippen molar-refractivity contribution in [1.29, 1.82) is 0 Å². The van der Waals surface area contributed by atoms with Crippen molar-refractivity contribution in [2.45, 2.75) is 19.8 Å². The van der Waals surface area contributed by atoms with Gasteiger partial charge in [-0.2, -0.15) is 5.10 Å². The molecule has 18 heavy (non-hydrogen) atoms. The first-order valence-electron chi connectivity index (χ1n) is 5.33. The van der Waals surface area contributed by atoms with Gasteiger partial charge in [-0.15, -0.1) is 0 Å². The molecule has 0 amide bonds. The van der Waals surface area contributed by atoms with Crippen LogP contribution < -0.4 is 61.8 Å². The summed E-state index contributed by atoms with van der Waals surface area (Å²) in [7, 11) is 1.76. The fraction of sp³-hybridized carbons (Fsp3) is 0.556. The SMILES string of the molecule is CCCN(C)c1cnn(C[B-](F)(F)F)c(=O)c1.[K+]. The van der Waals surface area contributed by atoms with Crippen molar-refractivity contribution in [2.75, 3.05) is 18.5 Å². The maximum Gasteiger partial charge on any atom is 1.00 e. The molecule has 0 N–H and O–H groups in total. The predicted octanol–water partition coefficient (Wildman–Crippen LogP) is -1.52. The van der Waals surface area contributed by atoms with E-state index in [1.165, 1.54) is 12.3 Å². The van der Waals surface area contributed by atoms with E-state index in [2.05, 4.69) is 5.10 Å². The second kappa shape index (κ2) is 7.69. The number of hydrogen-bond acceptors (Lipinski definition) is 3. The molecule has 0 spiro atoms. The van der Waals surface area contributed by atoms with Crippen molar-refractivity contribution >= 4 is 12.7 Å². The summed E-state index contributed by atoms with van der Waals surface area (Å²) in [6, 6.07) is 1.17. The number of nitrogens with zero attached hydrogens (tertiary/aromatic N) is 3. The maximum absolute atomic E-state index is 12.2. The average Bonchev–Trinajstić information content (AvgIpc) is 2.19. The van der Waals surface area contributed by atoms with E-state index in [4.69, 9.17) is 0 Å². The fourth-order valence-electron chi connectivity index (χ4n) is 1.43. The molecular weight excluding hydrogens is 273 g/mol. The second-order valence-electron chi connectivity index (χ2n) is 3.87. The molecule has 1 aromatic rings. The Balaban J connectivity index is 0.00000289. The third-order valence-electron chi connectivity index (χ3n) is 2.23. The van der Waals surface area contributed by atoms with Gasteiger partial charge in [-0.25, -0.2) is 0 Å². The number of rotatable bonds is 5. The van der Waals surface area contributed by atoms with Crippen LogP contribution in [0.25, 0.3) is 0 Å². The van der Waals surface area contributed by atoms with E-state index in [0.29, 0.717) is 16.9 Å². The summed E-state index contributed by atoms with van der Waals surface area (Å²) in [6.07, 6.45) is 0.862. The summed E-state index contributed by atoms with van der Waals surface area (Å²) in [5.41, 5.74) is -0.201. The molecule has 0 aliphatic carbocycles. The van der Waals surface area contributed by atoms with Crippen LogP contribution in [0.5, 0.6) is 0 Å². The molecule has 1 aromatic heterocycles. The Kier molecular flexibility index (Phi) is 7.76. The van der Waals surface area contributed by atoms with E-state index in [9.17, 15) is 17.7 Å². The average molecular weight is 287 g/mol. The number of anilines is 1. The molecule has 0 aromatic carbocycles. The molecule has 0 aliphatic heterocycles. The third kappa shape index (κ3) is 5.87. The Morgan fingerprint density at radius 1 is 1.44 bits per heavy atom. The molecule has 0 aliphatic rings. The van der Waals surface area contributed by atoms with Crippen LogP contribution in [0, 0.1) is 0 Å². The number of aromatic nitrogens is 2. The van der Waals surface area contributed by atoms with E-state index >= 15 is 0 Å². The van der Waals surface area contributed by atoms with Crippen LogP contribution in [0.1, 0.15) is 13.3 Å². The third-order valence-corrected chi connectivity index (χ3v) is 2.23. The van der Waals surface area contributed by atoms with Crippen molar-refractivity contribution in [3.8, 4) is 0 Å². The minimum atomic E-state index is -5.05. The number of hydrogen-bond donors (Lipinski definition) is 0. The van der Waals surface area contributed by atoms with Gasteiger partial charge in [0.1, 0.15) is 0 Å². The van der Waals surface area contributed by atoms with Crippen LogP contribution in [0.15, 0.2) is 17.1 Å². The largest absolute Gasteiger partial charge is 1.00 e. The van der Waals surface area contributed by atoms with E-state index in [0.717, 1.165) is 6.42 Å². The van der Waals surface area contributed by atoms with Crippen LogP contribution in [0.3, 0.4) is 0 Å². The molecule has 0 fully saturated rings. The first kappa shape index (κ1) is 18.2. The van der Waals surface area contributed by atoms with E-state index in [1.807, 2.05) is 6.92 Å². The Morgan fingerprint density at radius 2 is 2.06 bits per heavy atom. The molecule has 4 nitrogen and oxygen atoms in total. The van der Waals surface area contributed by atoms with Crippen molar-refractivity contribution in [2.24, 2.45) is 0 Å². The second-order valence-corrected chi connectivity index (χ2v) is 3.87. The Bertz CT molecular complexity index is 438. The first-order chi connectivity index (χ1) is 7.83. The summed E-state index contributed by atoms with van der Waals surface area (Å²) in [4.78, 5) is 13.2. The van der Waals surface area contributed by atoms with Crippen molar-refractivity contribution in [3.05, 3.63) is 22.6 Å². The molecule has 9 heteroatoms. The summed E-state index contributed by atoms with van der Waals surface area (Å²) in [6.45, 7) is -2.37. The topological polar surface area (TPSA) is 38.1 Å². The zero-order valence-corrected chi connectivity index (χ0v) is 13.9. The van der Waals surface area contributed by atoms with Gasteiger partial charge in [0.2, 0.25) is 0 Å². The van der Waals surface area contributed by atoms with Crippen molar-refractivity contribution in [3.63, 3.8) is 0 Å². The van der Waals surface area contributed by atoms with Gasteiger partial charge in [0.05, 0.1) is 11.9 Å². The van der Waals surface area contributed by atoms with Crippen molar-refractivity contribution < 1.29 is 64.3 Å². The van der Waals surface area contributed by atoms with Crippen LogP contribution >= 0.6 is 0 Å². The zero-order chi connectivity index (χ0) is 13.1. The normalized spacial score (nSPS) is 10.9. The quantitative estimate of drug-likeness (QED) is 0.617. The Morgan fingerprint density at radius 3 is 2.50 bits per heavy atom. The first-order valence-corrected chi connectivity index (χ1v) is 5.33. The van der Waals surface area contributed by atoms with Gasteiger partial charge in [0.15, 0.2) is 0 Å². The van der Waals surface area contributed by atoms with Gasteiger partial charge < -0.3 is 17.8 Å². The molecule has 0 atom stereocenters. The monoisotopic (exact) mass is 287 g/mol. The Hall–Kier alpha value is 0.171. The minimum Gasteiger partial charge on any atom is -0.448 e. The van der Waals surface area contributed by atoms with Gasteiger partial charge in [-0.05, 0) is 6.42 Å². The van der Waals surface area contributed by atoms with Gasteiger partial charge in [0.25, 0.3) is 5.56 Å².